The van der Waals surface area contributed by atoms with Crippen LogP contribution in [0.1, 0.15) is 65.6 Å². The molecule has 2 aromatic heterocycles. The number of hydrogen-bond donors (Lipinski definition) is 9. The Kier molecular flexibility index (Phi) is 28.8. The number of anilines is 1. The number of fused-ring (bicyclic) bond motifs is 1. The number of carbonyl (C=O) groups excluding carboxylic acids is 5. The average Bonchev–Trinajstić information content (AvgIpc) is 3.94. The number of nitrogens with zero attached hydrogens (tertiary/aromatic N) is 2. The van der Waals surface area contributed by atoms with Crippen LogP contribution >= 0.6 is 0 Å². The summed E-state index contributed by atoms with van der Waals surface area (Å²) in [6.07, 6.45) is 5.51. The first-order chi connectivity index (χ1) is 37.9. The van der Waals surface area contributed by atoms with Crippen LogP contribution in [0.5, 0.6) is 5.75 Å². The molecule has 2 heterocycles. The maximum atomic E-state index is 13.6. The lowest BCUT2D eigenvalue weighted by molar-refractivity contribution is -0.138. The second kappa shape index (κ2) is 35.3. The van der Waals surface area contributed by atoms with Gasteiger partial charge in [0.25, 0.3) is 5.91 Å². The molecular formula is C51H74N10O17S. The Balaban J connectivity index is 1.01. The van der Waals surface area contributed by atoms with Gasteiger partial charge in [0.05, 0.1) is 76.5 Å². The maximum Gasteiger partial charge on any atom is 0.404 e. The van der Waals surface area contributed by atoms with Crippen LogP contribution in [0.3, 0.4) is 0 Å². The van der Waals surface area contributed by atoms with Gasteiger partial charge in [-0.15, -0.1) is 0 Å². The fourth-order valence-electron chi connectivity index (χ4n) is 7.57. The van der Waals surface area contributed by atoms with Crippen LogP contribution in [-0.2, 0) is 71.2 Å². The Hall–Kier alpha value is -7.21. The molecule has 27 nitrogen and oxygen atoms in total. The molecule has 0 aliphatic carbocycles. The largest absolute Gasteiger partial charge is 0.494 e. The van der Waals surface area contributed by atoms with Crippen molar-refractivity contribution in [2.45, 2.75) is 69.9 Å². The van der Waals surface area contributed by atoms with E-state index in [1.54, 1.807) is 42.2 Å². The molecule has 5 amide bonds. The SMILES string of the molecule is Cc1cc(OCCCC(=O)NCCNC(=O)CCCC(=O)NCCCOCCOCCOCCOCCOCCOC(N)=O)cc(C)c1S(=O)(=O)N[C@@H](CNC(=O)c1cn(C)c2cc(CNc3ncc[nH]3)ccc2c1=O)C(=O)O. The molecule has 0 radical (unpaired) electrons. The molecule has 0 spiro atoms. The van der Waals surface area contributed by atoms with Gasteiger partial charge in [-0.25, -0.2) is 18.2 Å². The number of primary amides is 1. The molecule has 0 unspecified atom stereocenters. The molecule has 79 heavy (non-hydrogen) atoms. The van der Waals surface area contributed by atoms with E-state index in [9.17, 15) is 47.1 Å². The van der Waals surface area contributed by atoms with Crippen LogP contribution in [0.25, 0.3) is 10.9 Å². The van der Waals surface area contributed by atoms with Crippen LogP contribution in [0.4, 0.5) is 10.7 Å². The zero-order valence-corrected chi connectivity index (χ0v) is 45.6. The second-order valence-corrected chi connectivity index (χ2v) is 19.3. The highest BCUT2D eigenvalue weighted by Gasteiger charge is 2.29. The fourth-order valence-corrected chi connectivity index (χ4v) is 9.21. The number of rotatable bonds is 41. The number of pyridine rings is 1. The van der Waals surface area contributed by atoms with Crippen molar-refractivity contribution in [2.24, 2.45) is 12.8 Å². The summed E-state index contributed by atoms with van der Waals surface area (Å²) in [4.78, 5) is 93.0. The Bertz CT molecular complexity index is 2740. The molecule has 4 aromatic rings. The number of nitrogens with one attached hydrogen (secondary N) is 7. The Morgan fingerprint density at radius 1 is 0.722 bits per heavy atom. The summed E-state index contributed by atoms with van der Waals surface area (Å²) < 4.78 is 68.2. The summed E-state index contributed by atoms with van der Waals surface area (Å²) in [5.41, 5.74) is 5.90. The van der Waals surface area contributed by atoms with Gasteiger partial charge >= 0.3 is 12.1 Å². The van der Waals surface area contributed by atoms with Crippen molar-refractivity contribution in [1.82, 2.24) is 40.5 Å². The fraction of sp³-hybridized carbons (Fsp3) is 0.529. The topological polar surface area (TPSA) is 370 Å². The number of aliphatic carboxylic acids is 1. The molecule has 0 fully saturated rings. The zero-order chi connectivity index (χ0) is 57.4. The van der Waals surface area contributed by atoms with Gasteiger partial charge in [0.1, 0.15) is 24.0 Å². The smallest absolute Gasteiger partial charge is 0.404 e. The lowest BCUT2D eigenvalue weighted by Crippen LogP contribution is -2.49. The van der Waals surface area contributed by atoms with E-state index in [-0.39, 0.29) is 96.9 Å². The lowest BCUT2D eigenvalue weighted by Gasteiger charge is -2.19. The van der Waals surface area contributed by atoms with Crippen LogP contribution in [0.15, 0.2) is 58.6 Å². The van der Waals surface area contributed by atoms with E-state index in [4.69, 9.17) is 34.2 Å². The normalized spacial score (nSPS) is 11.7. The van der Waals surface area contributed by atoms with Gasteiger partial charge in [-0.05, 0) is 74.1 Å². The molecule has 0 saturated carbocycles. The van der Waals surface area contributed by atoms with Crippen molar-refractivity contribution < 1.29 is 75.4 Å². The Morgan fingerprint density at radius 3 is 1.84 bits per heavy atom. The summed E-state index contributed by atoms with van der Waals surface area (Å²) in [5, 5.41) is 23.9. The highest BCUT2D eigenvalue weighted by Crippen LogP contribution is 2.26. The van der Waals surface area contributed by atoms with Crippen molar-refractivity contribution in [2.75, 3.05) is 111 Å². The van der Waals surface area contributed by atoms with Gasteiger partial charge in [0, 0.05) is 89.6 Å². The number of aryl methyl sites for hydroxylation is 3. The summed E-state index contributed by atoms with van der Waals surface area (Å²) in [6.45, 7) is 7.68. The summed E-state index contributed by atoms with van der Waals surface area (Å²) in [6, 6.07) is 6.26. The number of H-pyrrole nitrogens is 1. The lowest BCUT2D eigenvalue weighted by atomic mass is 10.1. The number of nitrogens with two attached hydrogens (primary N) is 1. The zero-order valence-electron chi connectivity index (χ0n) is 44.8. The van der Waals surface area contributed by atoms with Crippen molar-refractivity contribution >= 4 is 62.6 Å². The minimum atomic E-state index is -4.46. The van der Waals surface area contributed by atoms with Crippen molar-refractivity contribution in [1.29, 1.82) is 0 Å². The number of aromatic nitrogens is 3. The minimum Gasteiger partial charge on any atom is -0.494 e. The van der Waals surface area contributed by atoms with Crippen molar-refractivity contribution in [3.8, 4) is 5.75 Å². The average molecular weight is 1130 g/mol. The number of aromatic amines is 1. The predicted octanol–water partition coefficient (Wildman–Crippen LogP) is 0.898. The van der Waals surface area contributed by atoms with Crippen molar-refractivity contribution in [3.05, 3.63) is 81.4 Å². The van der Waals surface area contributed by atoms with E-state index in [0.29, 0.717) is 109 Å². The minimum absolute atomic E-state index is 0.0957. The third-order valence-electron chi connectivity index (χ3n) is 11.4. The number of carboxylic acids is 1. The van der Waals surface area contributed by atoms with Gasteiger partial charge in [-0.1, -0.05) is 6.07 Å². The second-order valence-electron chi connectivity index (χ2n) is 17.7. The highest BCUT2D eigenvalue weighted by atomic mass is 32.2. The first kappa shape index (κ1) is 64.3. The molecule has 0 aliphatic heterocycles. The van der Waals surface area contributed by atoms with Gasteiger partial charge in [-0.2, -0.15) is 4.72 Å². The van der Waals surface area contributed by atoms with E-state index in [2.05, 4.69) is 46.0 Å². The van der Waals surface area contributed by atoms with Crippen LogP contribution in [0.2, 0.25) is 0 Å². The summed E-state index contributed by atoms with van der Waals surface area (Å²) >= 11 is 0. The number of sulfonamides is 1. The standard InChI is InChI=1S/C51H74N10O17S/c1-35-29-38(30-36(2)47(35)79(70,71)60-41(49(67)68)33-58-48(66)40-34-61(3)42-31-37(10-11-39(42)46(40)65)32-59-51-56-15-16-57-51)77-18-5-9-45(64)55-14-13-54-44(63)8-4-7-43(62)53-12-6-17-72-19-20-73-21-22-74-23-24-75-25-26-76-27-28-78-50(52)69/h10-11,15-16,29-31,34,41,60H,4-9,12-14,17-28,32-33H2,1-3H3,(H2,52,69)(H,53,62)(H,54,63)(H,55,64)(H,58,66)(H,67,68)(H2,56,57,59)/t41-/m0/s1. The third-order valence-corrected chi connectivity index (χ3v) is 13.1. The number of ether oxygens (including phenoxy) is 7. The maximum absolute atomic E-state index is 13.6. The van der Waals surface area contributed by atoms with Crippen molar-refractivity contribution in [3.63, 3.8) is 0 Å². The number of hydrogen-bond acceptors (Lipinski definition) is 18. The van der Waals surface area contributed by atoms with E-state index >= 15 is 0 Å². The number of amides is 5. The molecule has 0 bridgehead atoms. The number of benzene rings is 2. The summed E-state index contributed by atoms with van der Waals surface area (Å²) in [5.74, 6) is -2.24. The number of carbonyl (C=O) groups is 6. The van der Waals surface area contributed by atoms with Gasteiger partial charge < -0.3 is 80.1 Å². The molecule has 2 aromatic carbocycles. The first-order valence-corrected chi connectivity index (χ1v) is 27.2. The Labute approximate surface area is 457 Å². The van der Waals surface area contributed by atoms with Gasteiger partial charge in [0.2, 0.25) is 33.2 Å². The molecule has 0 aliphatic rings. The third kappa shape index (κ3) is 24.6. The Morgan fingerprint density at radius 2 is 1.28 bits per heavy atom. The quantitative estimate of drug-likeness (QED) is 0.0279. The molecule has 436 valence electrons. The number of imidazole rings is 1. The van der Waals surface area contributed by atoms with Gasteiger partial charge in [0.15, 0.2) is 5.95 Å². The molecule has 1 atom stereocenters. The molecule has 10 N–H and O–H groups in total. The van der Waals surface area contributed by atoms with Crippen LogP contribution < -0.4 is 47.2 Å². The molecule has 4 rings (SSSR count). The number of carboxylic acid groups (broad SMARTS) is 1. The first-order valence-electron chi connectivity index (χ1n) is 25.7. The molecule has 28 heteroatoms. The van der Waals surface area contributed by atoms with Gasteiger partial charge in [-0.3, -0.25) is 28.8 Å². The van der Waals surface area contributed by atoms with E-state index in [1.807, 2.05) is 0 Å². The summed E-state index contributed by atoms with van der Waals surface area (Å²) in [7, 11) is -2.81. The molecular weight excluding hydrogens is 1060 g/mol. The molecule has 0 saturated heterocycles. The monoisotopic (exact) mass is 1130 g/mol. The van der Waals surface area contributed by atoms with Crippen LogP contribution in [-0.4, -0.2) is 175 Å². The van der Waals surface area contributed by atoms with E-state index < -0.39 is 46.0 Å². The van der Waals surface area contributed by atoms with E-state index in [1.165, 1.54) is 32.2 Å². The van der Waals surface area contributed by atoms with Crippen LogP contribution in [0, 0.1) is 13.8 Å². The van der Waals surface area contributed by atoms with E-state index in [0.717, 1.165) is 5.56 Å². The predicted molar refractivity (Wildman–Crippen MR) is 287 cm³/mol. The highest BCUT2D eigenvalue weighted by molar-refractivity contribution is 7.89.